The molecule has 1 atom stereocenters. The van der Waals surface area contributed by atoms with Crippen molar-refractivity contribution >= 4 is 11.8 Å². The van der Waals surface area contributed by atoms with E-state index in [1.165, 1.54) is 0 Å². The topological polar surface area (TPSA) is 66.8 Å². The maximum Gasteiger partial charge on any atom is 0.285 e. The fraction of sp³-hybridized carbons (Fsp3) is 0.286. The summed E-state index contributed by atoms with van der Waals surface area (Å²) in [4.78, 5) is 29.0. The molecule has 100 valence electrons. The smallest absolute Gasteiger partial charge is 0.285 e. The van der Waals surface area contributed by atoms with Crippen LogP contribution in [0.25, 0.3) is 0 Å². The molecule has 5 nitrogen and oxygen atoms in total. The van der Waals surface area contributed by atoms with Crippen molar-refractivity contribution < 1.29 is 19.5 Å². The molecule has 5 heteroatoms. The maximum atomic E-state index is 11.9. The standard InChI is InChI=1S/C14H15NO4/c1-2-3-6-10(16)9-19-15-13(17)11-7-4-5-8-12(11)14(15)18/h2,4-5,7-8,10,16H,1,3,6,9H2/t10-/m0/s1. The summed E-state index contributed by atoms with van der Waals surface area (Å²) in [6.45, 7) is 3.45. The third-order valence-corrected chi connectivity index (χ3v) is 2.86. The quantitative estimate of drug-likeness (QED) is 0.623. The molecule has 0 radical (unpaired) electrons. The van der Waals surface area contributed by atoms with Gasteiger partial charge in [0.2, 0.25) is 0 Å². The van der Waals surface area contributed by atoms with E-state index in [1.54, 1.807) is 30.3 Å². The molecule has 0 aromatic heterocycles. The van der Waals surface area contributed by atoms with Gasteiger partial charge in [-0.3, -0.25) is 14.4 Å². The Morgan fingerprint density at radius 2 is 1.84 bits per heavy atom. The van der Waals surface area contributed by atoms with Crippen molar-refractivity contribution in [3.8, 4) is 0 Å². The largest absolute Gasteiger partial charge is 0.391 e. The number of amides is 2. The van der Waals surface area contributed by atoms with Crippen molar-refractivity contribution in [2.24, 2.45) is 0 Å². The van der Waals surface area contributed by atoms with Crippen LogP contribution in [-0.4, -0.2) is 34.7 Å². The Morgan fingerprint density at radius 1 is 1.26 bits per heavy atom. The van der Waals surface area contributed by atoms with E-state index in [4.69, 9.17) is 4.84 Å². The Bertz CT molecular complexity index is 477. The number of hydroxylamine groups is 2. The molecule has 1 aliphatic rings. The number of rotatable bonds is 6. The molecule has 1 N–H and O–H groups in total. The minimum Gasteiger partial charge on any atom is -0.391 e. The van der Waals surface area contributed by atoms with E-state index in [2.05, 4.69) is 6.58 Å². The van der Waals surface area contributed by atoms with Crippen LogP contribution in [0.4, 0.5) is 0 Å². The van der Waals surface area contributed by atoms with E-state index in [-0.39, 0.29) is 6.61 Å². The number of hydrogen-bond donors (Lipinski definition) is 1. The van der Waals surface area contributed by atoms with E-state index in [9.17, 15) is 14.7 Å². The van der Waals surface area contributed by atoms with E-state index in [1.807, 2.05) is 0 Å². The lowest BCUT2D eigenvalue weighted by Crippen LogP contribution is -2.33. The van der Waals surface area contributed by atoms with Gasteiger partial charge in [-0.2, -0.15) is 0 Å². The lowest BCUT2D eigenvalue weighted by atomic mass is 10.1. The van der Waals surface area contributed by atoms with Gasteiger partial charge in [0.1, 0.15) is 6.61 Å². The first-order valence-electron chi connectivity index (χ1n) is 6.05. The Kier molecular flexibility index (Phi) is 4.09. The molecule has 1 aromatic carbocycles. The van der Waals surface area contributed by atoms with Crippen LogP contribution in [0, 0.1) is 0 Å². The van der Waals surface area contributed by atoms with Crippen LogP contribution in [0.15, 0.2) is 36.9 Å². The zero-order chi connectivity index (χ0) is 13.8. The van der Waals surface area contributed by atoms with Crippen molar-refractivity contribution in [3.63, 3.8) is 0 Å². The predicted octanol–water partition coefficient (Wildman–Crippen LogP) is 1.54. The van der Waals surface area contributed by atoms with Crippen LogP contribution in [0.1, 0.15) is 33.6 Å². The van der Waals surface area contributed by atoms with Crippen LogP contribution in [0.3, 0.4) is 0 Å². The van der Waals surface area contributed by atoms with Crippen LogP contribution in [0.2, 0.25) is 0 Å². The van der Waals surface area contributed by atoms with Crippen LogP contribution >= 0.6 is 0 Å². The van der Waals surface area contributed by atoms with Gasteiger partial charge >= 0.3 is 0 Å². The van der Waals surface area contributed by atoms with Crippen LogP contribution in [-0.2, 0) is 4.84 Å². The second-order valence-corrected chi connectivity index (χ2v) is 4.27. The molecule has 0 spiro atoms. The summed E-state index contributed by atoms with van der Waals surface area (Å²) in [5, 5.41) is 10.3. The van der Waals surface area contributed by atoms with Gasteiger partial charge in [0, 0.05) is 0 Å². The summed E-state index contributed by atoms with van der Waals surface area (Å²) in [6.07, 6.45) is 2.08. The number of imide groups is 1. The Morgan fingerprint density at radius 3 is 2.37 bits per heavy atom. The number of hydrogen-bond acceptors (Lipinski definition) is 4. The lowest BCUT2D eigenvalue weighted by Gasteiger charge is -2.16. The van der Waals surface area contributed by atoms with E-state index < -0.39 is 17.9 Å². The highest BCUT2D eigenvalue weighted by Crippen LogP contribution is 2.22. The summed E-state index contributed by atoms with van der Waals surface area (Å²) in [7, 11) is 0. The van der Waals surface area contributed by atoms with Crippen molar-refractivity contribution in [2.45, 2.75) is 18.9 Å². The average molecular weight is 261 g/mol. The molecule has 19 heavy (non-hydrogen) atoms. The van der Waals surface area contributed by atoms with Crippen molar-refractivity contribution in [2.75, 3.05) is 6.61 Å². The molecule has 2 rings (SSSR count). The summed E-state index contributed by atoms with van der Waals surface area (Å²) in [6, 6.07) is 6.53. The van der Waals surface area contributed by atoms with Gasteiger partial charge in [0.25, 0.3) is 11.8 Å². The molecular formula is C14H15NO4. The first kappa shape index (κ1) is 13.5. The summed E-state index contributed by atoms with van der Waals surface area (Å²) < 4.78 is 0. The second kappa shape index (κ2) is 5.77. The Hall–Kier alpha value is -1.98. The van der Waals surface area contributed by atoms with E-state index in [0.29, 0.717) is 29.0 Å². The molecule has 1 aromatic rings. The average Bonchev–Trinajstić information content (AvgIpc) is 2.67. The lowest BCUT2D eigenvalue weighted by molar-refractivity contribution is -0.116. The zero-order valence-corrected chi connectivity index (χ0v) is 10.4. The second-order valence-electron chi connectivity index (χ2n) is 4.27. The van der Waals surface area contributed by atoms with Gasteiger partial charge in [-0.25, -0.2) is 0 Å². The van der Waals surface area contributed by atoms with Gasteiger partial charge < -0.3 is 5.11 Å². The highest BCUT2D eigenvalue weighted by atomic mass is 16.7. The van der Waals surface area contributed by atoms with Gasteiger partial charge in [-0.05, 0) is 25.0 Å². The predicted molar refractivity (Wildman–Crippen MR) is 68.3 cm³/mol. The number of benzene rings is 1. The normalized spacial score (nSPS) is 15.5. The van der Waals surface area contributed by atoms with Gasteiger partial charge in [-0.15, -0.1) is 11.6 Å². The van der Waals surface area contributed by atoms with Crippen LogP contribution in [0.5, 0.6) is 0 Å². The highest BCUT2D eigenvalue weighted by molar-refractivity contribution is 6.20. The minimum atomic E-state index is -0.734. The first-order chi connectivity index (χ1) is 9.15. The molecule has 0 aliphatic carbocycles. The number of allylic oxidation sites excluding steroid dienone is 1. The first-order valence-corrected chi connectivity index (χ1v) is 6.05. The zero-order valence-electron chi connectivity index (χ0n) is 10.4. The minimum absolute atomic E-state index is 0.0979. The van der Waals surface area contributed by atoms with Gasteiger partial charge in [0.05, 0.1) is 17.2 Å². The monoisotopic (exact) mass is 261 g/mol. The fourth-order valence-electron chi connectivity index (χ4n) is 1.84. The number of carbonyl (C=O) groups is 2. The third kappa shape index (κ3) is 2.72. The number of aliphatic hydroxyl groups is 1. The fourth-order valence-corrected chi connectivity index (χ4v) is 1.84. The number of nitrogens with zero attached hydrogens (tertiary/aromatic N) is 1. The molecule has 0 bridgehead atoms. The van der Waals surface area contributed by atoms with Crippen molar-refractivity contribution in [1.82, 2.24) is 5.06 Å². The highest BCUT2D eigenvalue weighted by Gasteiger charge is 2.36. The SMILES string of the molecule is C=CCC[C@H](O)CON1C(=O)c2ccccc2C1=O. The van der Waals surface area contributed by atoms with Crippen molar-refractivity contribution in [3.05, 3.63) is 48.0 Å². The van der Waals surface area contributed by atoms with Gasteiger partial charge in [0.15, 0.2) is 0 Å². The van der Waals surface area contributed by atoms with E-state index >= 15 is 0 Å². The molecule has 0 fully saturated rings. The molecule has 0 saturated heterocycles. The Balaban J connectivity index is 1.98. The molecule has 0 unspecified atom stereocenters. The number of carbonyl (C=O) groups excluding carboxylic acids is 2. The molecular weight excluding hydrogens is 246 g/mol. The Labute approximate surface area is 111 Å². The molecule has 2 amide bonds. The molecule has 1 aliphatic heterocycles. The molecule has 0 saturated carbocycles. The van der Waals surface area contributed by atoms with Crippen molar-refractivity contribution in [1.29, 1.82) is 0 Å². The van der Waals surface area contributed by atoms with Gasteiger partial charge in [-0.1, -0.05) is 18.2 Å². The number of fused-ring (bicyclic) bond motifs is 1. The van der Waals surface area contributed by atoms with E-state index in [0.717, 1.165) is 0 Å². The summed E-state index contributed by atoms with van der Waals surface area (Å²) in [5.41, 5.74) is 0.654. The van der Waals surface area contributed by atoms with Crippen LogP contribution < -0.4 is 0 Å². The summed E-state index contributed by atoms with van der Waals surface area (Å²) in [5.74, 6) is -0.979. The number of aliphatic hydroxyl groups excluding tert-OH is 1. The summed E-state index contributed by atoms with van der Waals surface area (Å²) >= 11 is 0. The third-order valence-electron chi connectivity index (χ3n) is 2.86. The molecule has 1 heterocycles. The maximum absolute atomic E-state index is 11.9.